The SMILES string of the molecule is C#C/C=C\C/C(=C\CC)S(=O)(=O)CC(N)C(C)(C)C. The smallest absolute Gasteiger partial charge is 0.176 e. The van der Waals surface area contributed by atoms with Crippen molar-refractivity contribution in [3.05, 3.63) is 23.1 Å². The van der Waals surface area contributed by atoms with E-state index in [9.17, 15) is 8.42 Å². The minimum absolute atomic E-state index is 0.0355. The van der Waals surface area contributed by atoms with Gasteiger partial charge in [-0.2, -0.15) is 0 Å². The molecule has 1 unspecified atom stereocenters. The van der Waals surface area contributed by atoms with E-state index in [1.165, 1.54) is 6.08 Å². The van der Waals surface area contributed by atoms with Crippen molar-refractivity contribution in [3.8, 4) is 12.3 Å². The molecule has 0 saturated carbocycles. The van der Waals surface area contributed by atoms with Gasteiger partial charge in [-0.05, 0) is 17.9 Å². The highest BCUT2D eigenvalue weighted by Crippen LogP contribution is 2.22. The van der Waals surface area contributed by atoms with Gasteiger partial charge in [0.1, 0.15) is 0 Å². The average Bonchev–Trinajstić information content (AvgIpc) is 2.26. The fourth-order valence-corrected chi connectivity index (χ4v) is 3.36. The third kappa shape index (κ3) is 6.60. The topological polar surface area (TPSA) is 60.2 Å². The monoisotopic (exact) mass is 283 g/mol. The van der Waals surface area contributed by atoms with Crippen molar-refractivity contribution in [2.75, 3.05) is 5.75 Å². The van der Waals surface area contributed by atoms with Crippen molar-refractivity contribution in [1.29, 1.82) is 0 Å². The van der Waals surface area contributed by atoms with Gasteiger partial charge in [-0.3, -0.25) is 0 Å². The molecule has 108 valence electrons. The zero-order valence-corrected chi connectivity index (χ0v) is 13.1. The first-order valence-electron chi connectivity index (χ1n) is 6.43. The van der Waals surface area contributed by atoms with Crippen LogP contribution < -0.4 is 5.73 Å². The summed E-state index contributed by atoms with van der Waals surface area (Å²) in [5, 5.41) is 0. The number of sulfone groups is 1. The van der Waals surface area contributed by atoms with Gasteiger partial charge in [-0.1, -0.05) is 45.8 Å². The Morgan fingerprint density at radius 1 is 1.42 bits per heavy atom. The first-order chi connectivity index (χ1) is 8.65. The molecule has 0 amide bonds. The highest BCUT2D eigenvalue weighted by atomic mass is 32.2. The zero-order valence-electron chi connectivity index (χ0n) is 12.3. The molecule has 0 bridgehead atoms. The molecule has 0 saturated heterocycles. The largest absolute Gasteiger partial charge is 0.326 e. The van der Waals surface area contributed by atoms with Crippen LogP contribution >= 0.6 is 0 Å². The van der Waals surface area contributed by atoms with Crippen LogP contribution in [0.15, 0.2) is 23.1 Å². The molecular weight excluding hydrogens is 258 g/mol. The standard InChI is InChI=1S/C15H25NO2S/c1-6-8-9-11-13(10-7-2)19(17,18)12-14(16)15(3,4)5/h1,8-10,14H,7,11-12,16H2,2-5H3/b9-8-,13-10+. The average molecular weight is 283 g/mol. The van der Waals surface area contributed by atoms with E-state index < -0.39 is 15.9 Å². The summed E-state index contributed by atoms with van der Waals surface area (Å²) >= 11 is 0. The van der Waals surface area contributed by atoms with Gasteiger partial charge in [0.15, 0.2) is 9.84 Å². The van der Waals surface area contributed by atoms with Gasteiger partial charge < -0.3 is 5.73 Å². The molecule has 0 rings (SSSR count). The van der Waals surface area contributed by atoms with Crippen molar-refractivity contribution >= 4 is 9.84 Å². The number of hydrogen-bond acceptors (Lipinski definition) is 3. The quantitative estimate of drug-likeness (QED) is 0.762. The molecule has 0 heterocycles. The second-order valence-electron chi connectivity index (χ2n) is 5.61. The van der Waals surface area contributed by atoms with Gasteiger partial charge in [0.05, 0.1) is 5.75 Å². The Labute approximate surface area is 117 Å². The summed E-state index contributed by atoms with van der Waals surface area (Å²) in [5.74, 6) is 2.32. The molecular formula is C15H25NO2S. The molecule has 0 aromatic rings. The molecule has 0 aliphatic heterocycles. The Balaban J connectivity index is 5.08. The van der Waals surface area contributed by atoms with Crippen LogP contribution in [0, 0.1) is 17.8 Å². The number of terminal acetylenes is 1. The van der Waals surface area contributed by atoms with Crippen molar-refractivity contribution in [1.82, 2.24) is 0 Å². The molecule has 19 heavy (non-hydrogen) atoms. The number of hydrogen-bond donors (Lipinski definition) is 1. The summed E-state index contributed by atoms with van der Waals surface area (Å²) in [7, 11) is -3.33. The Kier molecular flexibility index (Phi) is 7.10. The normalized spacial score (nSPS) is 15.5. The molecule has 0 fully saturated rings. The Morgan fingerprint density at radius 3 is 2.42 bits per heavy atom. The zero-order chi connectivity index (χ0) is 15.1. The van der Waals surface area contributed by atoms with Gasteiger partial charge in [-0.15, -0.1) is 6.42 Å². The summed E-state index contributed by atoms with van der Waals surface area (Å²) in [6, 6.07) is -0.394. The van der Waals surface area contributed by atoms with E-state index in [-0.39, 0.29) is 11.2 Å². The second kappa shape index (κ2) is 7.52. The predicted octanol–water partition coefficient (Wildman–Crippen LogP) is 2.65. The lowest BCUT2D eigenvalue weighted by molar-refractivity contribution is 0.340. The highest BCUT2D eigenvalue weighted by Gasteiger charge is 2.28. The first-order valence-corrected chi connectivity index (χ1v) is 8.09. The van der Waals surface area contributed by atoms with E-state index in [2.05, 4.69) is 5.92 Å². The van der Waals surface area contributed by atoms with Crippen molar-refractivity contribution in [3.63, 3.8) is 0 Å². The van der Waals surface area contributed by atoms with Crippen LogP contribution in [0.4, 0.5) is 0 Å². The predicted molar refractivity (Wildman–Crippen MR) is 82.2 cm³/mol. The summed E-state index contributed by atoms with van der Waals surface area (Å²) in [6.07, 6.45) is 11.0. The molecule has 1 atom stereocenters. The molecule has 0 spiro atoms. The minimum atomic E-state index is -3.33. The van der Waals surface area contributed by atoms with Crippen molar-refractivity contribution < 1.29 is 8.42 Å². The highest BCUT2D eigenvalue weighted by molar-refractivity contribution is 7.95. The van der Waals surface area contributed by atoms with Crippen LogP contribution in [0.3, 0.4) is 0 Å². The van der Waals surface area contributed by atoms with E-state index in [0.29, 0.717) is 17.7 Å². The molecule has 0 aromatic carbocycles. The van der Waals surface area contributed by atoms with Gasteiger partial charge in [0.25, 0.3) is 0 Å². The van der Waals surface area contributed by atoms with Crippen LogP contribution in [0.2, 0.25) is 0 Å². The fourth-order valence-electron chi connectivity index (χ4n) is 1.40. The van der Waals surface area contributed by atoms with Gasteiger partial charge in [0.2, 0.25) is 0 Å². The van der Waals surface area contributed by atoms with E-state index in [1.54, 1.807) is 12.2 Å². The summed E-state index contributed by atoms with van der Waals surface area (Å²) in [5.41, 5.74) is 5.73. The molecule has 0 aliphatic rings. The number of nitrogens with two attached hydrogens (primary N) is 1. The molecule has 4 heteroatoms. The van der Waals surface area contributed by atoms with E-state index in [0.717, 1.165) is 0 Å². The lowest BCUT2D eigenvalue weighted by Gasteiger charge is -2.27. The van der Waals surface area contributed by atoms with E-state index in [1.807, 2.05) is 27.7 Å². The fraction of sp³-hybridized carbons (Fsp3) is 0.600. The summed E-state index contributed by atoms with van der Waals surface area (Å²) < 4.78 is 24.7. The molecule has 3 nitrogen and oxygen atoms in total. The molecule has 0 aromatic heterocycles. The maximum atomic E-state index is 12.3. The lowest BCUT2D eigenvalue weighted by Crippen LogP contribution is -2.41. The molecule has 0 aliphatic carbocycles. The van der Waals surface area contributed by atoms with E-state index in [4.69, 9.17) is 12.2 Å². The van der Waals surface area contributed by atoms with Gasteiger partial charge in [0, 0.05) is 17.4 Å². The van der Waals surface area contributed by atoms with Crippen LogP contribution in [0.1, 0.15) is 40.5 Å². The Morgan fingerprint density at radius 2 is 2.00 bits per heavy atom. The van der Waals surface area contributed by atoms with Gasteiger partial charge in [-0.25, -0.2) is 8.42 Å². The lowest BCUT2D eigenvalue weighted by atomic mass is 9.89. The van der Waals surface area contributed by atoms with E-state index >= 15 is 0 Å². The maximum absolute atomic E-state index is 12.3. The maximum Gasteiger partial charge on any atom is 0.176 e. The molecule has 0 radical (unpaired) electrons. The third-order valence-corrected chi connectivity index (χ3v) is 4.81. The number of rotatable bonds is 6. The summed E-state index contributed by atoms with van der Waals surface area (Å²) in [6.45, 7) is 7.72. The minimum Gasteiger partial charge on any atom is -0.326 e. The molecule has 2 N–H and O–H groups in total. The first kappa shape index (κ1) is 17.9. The van der Waals surface area contributed by atoms with Crippen molar-refractivity contribution in [2.24, 2.45) is 11.1 Å². The second-order valence-corrected chi connectivity index (χ2v) is 7.69. The third-order valence-electron chi connectivity index (χ3n) is 2.88. The Hall–Kier alpha value is -1.05. The van der Waals surface area contributed by atoms with Gasteiger partial charge >= 0.3 is 0 Å². The van der Waals surface area contributed by atoms with Crippen LogP contribution in [-0.4, -0.2) is 20.2 Å². The van der Waals surface area contributed by atoms with Crippen LogP contribution in [0.25, 0.3) is 0 Å². The Bertz CT molecular complexity index is 473. The summed E-state index contributed by atoms with van der Waals surface area (Å²) in [4.78, 5) is 0.404. The van der Waals surface area contributed by atoms with Crippen LogP contribution in [0.5, 0.6) is 0 Å². The van der Waals surface area contributed by atoms with Crippen LogP contribution in [-0.2, 0) is 9.84 Å². The number of allylic oxidation sites excluding steroid dienone is 4. The van der Waals surface area contributed by atoms with Crippen molar-refractivity contribution in [2.45, 2.75) is 46.6 Å².